The van der Waals surface area contributed by atoms with E-state index < -0.39 is 5.82 Å². The molecule has 0 saturated carbocycles. The average molecular weight is 282 g/mol. The molecule has 0 aromatic heterocycles. The number of halogens is 3. The molecule has 0 unspecified atom stereocenters. The van der Waals surface area contributed by atoms with Crippen molar-refractivity contribution in [2.45, 2.75) is 0 Å². The van der Waals surface area contributed by atoms with Crippen LogP contribution in [0.15, 0.2) is 36.4 Å². The molecule has 0 bridgehead atoms. The minimum absolute atomic E-state index is 0.00165. The van der Waals surface area contributed by atoms with Crippen LogP contribution in [0.25, 0.3) is 0 Å². The number of benzene rings is 2. The van der Waals surface area contributed by atoms with Crippen molar-refractivity contribution < 1.29 is 9.13 Å². The number of ether oxygens (including phenoxy) is 1. The van der Waals surface area contributed by atoms with E-state index in [0.29, 0.717) is 10.8 Å². The van der Waals surface area contributed by atoms with Crippen molar-refractivity contribution in [2.75, 3.05) is 0 Å². The predicted octanol–water partition coefficient (Wildman–Crippen LogP) is 4.80. The molecule has 0 saturated heterocycles. The molecule has 0 heterocycles. The number of hydrogen-bond acceptors (Lipinski definition) is 2. The summed E-state index contributed by atoms with van der Waals surface area (Å²) in [6, 6.07) is 10.4. The Morgan fingerprint density at radius 1 is 1.06 bits per heavy atom. The number of nitrogens with zero attached hydrogens (tertiary/aromatic N) is 1. The van der Waals surface area contributed by atoms with Crippen molar-refractivity contribution in [1.29, 1.82) is 5.26 Å². The van der Waals surface area contributed by atoms with E-state index in [0.717, 1.165) is 6.07 Å². The fourth-order valence-electron chi connectivity index (χ4n) is 1.33. The van der Waals surface area contributed by atoms with Crippen molar-refractivity contribution in [1.82, 2.24) is 0 Å². The maximum Gasteiger partial charge on any atom is 0.167 e. The SMILES string of the molecule is N#Cc1ccc(Oc2ccc(Cl)cc2Cl)c(F)c1. The van der Waals surface area contributed by atoms with Gasteiger partial charge in [-0.2, -0.15) is 5.26 Å². The van der Waals surface area contributed by atoms with E-state index in [1.165, 1.54) is 18.2 Å². The third kappa shape index (κ3) is 2.73. The Hall–Kier alpha value is -1.76. The zero-order valence-corrected chi connectivity index (χ0v) is 10.5. The van der Waals surface area contributed by atoms with Crippen molar-refractivity contribution >= 4 is 23.2 Å². The van der Waals surface area contributed by atoms with Gasteiger partial charge in [0.2, 0.25) is 0 Å². The molecule has 2 nitrogen and oxygen atoms in total. The Kier molecular flexibility index (Phi) is 3.71. The van der Waals surface area contributed by atoms with Crippen LogP contribution in [-0.4, -0.2) is 0 Å². The summed E-state index contributed by atoms with van der Waals surface area (Å²) in [5.41, 5.74) is 0.224. The average Bonchev–Trinajstić information content (AvgIpc) is 2.34. The van der Waals surface area contributed by atoms with Gasteiger partial charge in [0.15, 0.2) is 11.6 Å². The Morgan fingerprint density at radius 3 is 2.39 bits per heavy atom. The summed E-state index contributed by atoms with van der Waals surface area (Å²) in [6.07, 6.45) is 0. The van der Waals surface area contributed by atoms with E-state index in [1.807, 2.05) is 6.07 Å². The second-order valence-corrected chi connectivity index (χ2v) is 4.28. The second kappa shape index (κ2) is 5.26. The van der Waals surface area contributed by atoms with Crippen LogP contribution in [0, 0.1) is 17.1 Å². The fourth-order valence-corrected chi connectivity index (χ4v) is 1.78. The molecule has 5 heteroatoms. The van der Waals surface area contributed by atoms with Crippen molar-refractivity contribution in [3.05, 3.63) is 57.8 Å². The summed E-state index contributed by atoms with van der Waals surface area (Å²) in [4.78, 5) is 0. The lowest BCUT2D eigenvalue weighted by Gasteiger charge is -2.08. The number of rotatable bonds is 2. The summed E-state index contributed by atoms with van der Waals surface area (Å²) >= 11 is 11.6. The van der Waals surface area contributed by atoms with Gasteiger partial charge in [0.25, 0.3) is 0 Å². The van der Waals surface area contributed by atoms with Gasteiger partial charge in [-0.3, -0.25) is 0 Å². The van der Waals surface area contributed by atoms with E-state index >= 15 is 0 Å². The van der Waals surface area contributed by atoms with Gasteiger partial charge in [-0.1, -0.05) is 23.2 Å². The Labute approximate surface area is 113 Å². The molecule has 0 atom stereocenters. The predicted molar refractivity (Wildman–Crippen MR) is 67.7 cm³/mol. The highest BCUT2D eigenvalue weighted by molar-refractivity contribution is 6.35. The van der Waals surface area contributed by atoms with Crippen LogP contribution < -0.4 is 4.74 Å². The third-order valence-corrected chi connectivity index (χ3v) is 2.71. The molecule has 0 fully saturated rings. The Balaban J connectivity index is 2.32. The monoisotopic (exact) mass is 281 g/mol. The molecule has 0 aliphatic heterocycles. The molecule has 0 radical (unpaired) electrons. The Morgan fingerprint density at radius 2 is 1.78 bits per heavy atom. The summed E-state index contributed by atoms with van der Waals surface area (Å²) < 4.78 is 18.9. The lowest BCUT2D eigenvalue weighted by Crippen LogP contribution is -1.90. The van der Waals surface area contributed by atoms with E-state index in [9.17, 15) is 4.39 Å². The van der Waals surface area contributed by atoms with Gasteiger partial charge in [-0.15, -0.1) is 0 Å². The minimum atomic E-state index is -0.625. The summed E-state index contributed by atoms with van der Waals surface area (Å²) in [6.45, 7) is 0. The molecule has 0 aliphatic rings. The van der Waals surface area contributed by atoms with E-state index in [2.05, 4.69) is 0 Å². The molecule has 2 aromatic rings. The van der Waals surface area contributed by atoms with Crippen LogP contribution in [0.1, 0.15) is 5.56 Å². The van der Waals surface area contributed by atoms with Gasteiger partial charge in [-0.25, -0.2) is 4.39 Å². The van der Waals surface area contributed by atoms with E-state index in [4.69, 9.17) is 33.2 Å². The van der Waals surface area contributed by atoms with Crippen LogP contribution in [0.3, 0.4) is 0 Å². The quantitative estimate of drug-likeness (QED) is 0.792. The van der Waals surface area contributed by atoms with Gasteiger partial charge in [0, 0.05) is 5.02 Å². The lowest BCUT2D eigenvalue weighted by atomic mass is 10.2. The van der Waals surface area contributed by atoms with Crippen molar-refractivity contribution in [2.24, 2.45) is 0 Å². The highest BCUT2D eigenvalue weighted by atomic mass is 35.5. The van der Waals surface area contributed by atoms with E-state index in [1.54, 1.807) is 12.1 Å². The van der Waals surface area contributed by atoms with Gasteiger partial charge >= 0.3 is 0 Å². The molecule has 0 amide bonds. The van der Waals surface area contributed by atoms with Crippen molar-refractivity contribution in [3.8, 4) is 17.6 Å². The number of nitriles is 1. The zero-order valence-electron chi connectivity index (χ0n) is 8.95. The van der Waals surface area contributed by atoms with Crippen molar-refractivity contribution in [3.63, 3.8) is 0 Å². The minimum Gasteiger partial charge on any atom is -0.453 e. The largest absolute Gasteiger partial charge is 0.453 e. The van der Waals surface area contributed by atoms with Crippen LogP contribution in [-0.2, 0) is 0 Å². The molecule has 0 spiro atoms. The lowest BCUT2D eigenvalue weighted by molar-refractivity contribution is 0.442. The molecule has 0 N–H and O–H groups in total. The number of hydrogen-bond donors (Lipinski definition) is 0. The summed E-state index contributed by atoms with van der Waals surface area (Å²) in [5, 5.41) is 9.37. The summed E-state index contributed by atoms with van der Waals surface area (Å²) in [7, 11) is 0. The van der Waals surface area contributed by atoms with Gasteiger partial charge in [0.1, 0.15) is 5.75 Å². The highest BCUT2D eigenvalue weighted by Gasteiger charge is 2.09. The standard InChI is InChI=1S/C13H6Cl2FNO/c14-9-2-4-12(10(15)6-9)18-13-3-1-8(7-17)5-11(13)16/h1-6H. The van der Waals surface area contributed by atoms with Gasteiger partial charge in [-0.05, 0) is 36.4 Å². The topological polar surface area (TPSA) is 33.0 Å². The third-order valence-electron chi connectivity index (χ3n) is 2.17. The molecule has 90 valence electrons. The first-order valence-corrected chi connectivity index (χ1v) is 5.68. The first-order valence-electron chi connectivity index (χ1n) is 4.92. The van der Waals surface area contributed by atoms with Crippen LogP contribution >= 0.6 is 23.2 Å². The maximum absolute atomic E-state index is 13.6. The Bertz CT molecular complexity index is 637. The normalized spacial score (nSPS) is 9.89. The van der Waals surface area contributed by atoms with Gasteiger partial charge < -0.3 is 4.74 Å². The zero-order chi connectivity index (χ0) is 13.1. The molecule has 2 rings (SSSR count). The molecule has 0 aliphatic carbocycles. The first kappa shape index (κ1) is 12.7. The molecule has 18 heavy (non-hydrogen) atoms. The molecular weight excluding hydrogens is 276 g/mol. The smallest absolute Gasteiger partial charge is 0.167 e. The summed E-state index contributed by atoms with van der Waals surface area (Å²) in [5.74, 6) is -0.331. The molecule has 2 aromatic carbocycles. The highest BCUT2D eigenvalue weighted by Crippen LogP contribution is 2.32. The molecular formula is C13H6Cl2FNO. The van der Waals surface area contributed by atoms with Crippen LogP contribution in [0.4, 0.5) is 4.39 Å². The van der Waals surface area contributed by atoms with Crippen LogP contribution in [0.5, 0.6) is 11.5 Å². The van der Waals surface area contributed by atoms with Crippen LogP contribution in [0.2, 0.25) is 10.0 Å². The van der Waals surface area contributed by atoms with E-state index in [-0.39, 0.29) is 16.3 Å². The first-order chi connectivity index (χ1) is 8.60. The second-order valence-electron chi connectivity index (χ2n) is 3.43. The fraction of sp³-hybridized carbons (Fsp3) is 0. The maximum atomic E-state index is 13.6. The van der Waals surface area contributed by atoms with Gasteiger partial charge in [0.05, 0.1) is 16.7 Å².